The molecule has 1 aromatic carbocycles. The first-order valence-corrected chi connectivity index (χ1v) is 14.7. The van der Waals surface area contributed by atoms with Gasteiger partial charge in [0.1, 0.15) is 18.3 Å². The third-order valence-electron chi connectivity index (χ3n) is 7.94. The lowest BCUT2D eigenvalue weighted by Gasteiger charge is -2.40. The number of aliphatic hydroxyl groups excluding tert-OH is 2. The molecular weight excluding hydrogens is 512 g/mol. The number of carbonyl (C=O) groups excluding carboxylic acids is 2. The van der Waals surface area contributed by atoms with Crippen LogP contribution in [0, 0.1) is 5.92 Å². The monoisotopic (exact) mass is 562 g/mol. The molecule has 2 amide bonds. The third kappa shape index (κ3) is 9.69. The molecule has 4 atom stereocenters. The largest absolute Gasteiger partial charge is 0.388 e. The lowest BCUT2D eigenvalue weighted by Crippen LogP contribution is -2.55. The number of aliphatic hydroxyl groups is 2. The van der Waals surface area contributed by atoms with Gasteiger partial charge in [0.15, 0.2) is 0 Å². The van der Waals surface area contributed by atoms with Crippen LogP contribution in [0.5, 0.6) is 0 Å². The Bertz CT molecular complexity index is 895. The first-order chi connectivity index (χ1) is 19.2. The molecule has 0 aliphatic carbocycles. The van der Waals surface area contributed by atoms with Gasteiger partial charge in [0, 0.05) is 78.2 Å². The van der Waals surface area contributed by atoms with Gasteiger partial charge in [-0.25, -0.2) is 0 Å². The summed E-state index contributed by atoms with van der Waals surface area (Å²) in [7, 11) is 1.46. The molecule has 2 saturated heterocycles. The molecule has 0 aromatic heterocycles. The Kier molecular flexibility index (Phi) is 13.1. The minimum atomic E-state index is -1.20. The average molecular weight is 563 g/mol. The Morgan fingerprint density at radius 1 is 1.02 bits per heavy atom. The van der Waals surface area contributed by atoms with Crippen LogP contribution < -0.4 is 4.90 Å². The molecule has 2 aliphatic heterocycles. The molecule has 2 fully saturated rings. The van der Waals surface area contributed by atoms with Gasteiger partial charge in [0.2, 0.25) is 11.8 Å². The zero-order chi connectivity index (χ0) is 29.1. The third-order valence-corrected chi connectivity index (χ3v) is 7.94. The molecule has 10 nitrogen and oxygen atoms in total. The molecule has 0 saturated carbocycles. The SMILES string of the molecule is CO[C@@H]1CN(C(C)=O)C[C@H](CC(C)C)N(C(=O)CN2CCN(c3ccccc3)CC2)CCCCOC[C@@H](O)[C@H]1O. The van der Waals surface area contributed by atoms with Gasteiger partial charge < -0.3 is 34.4 Å². The number of benzene rings is 1. The van der Waals surface area contributed by atoms with Crippen molar-refractivity contribution in [1.82, 2.24) is 14.7 Å². The summed E-state index contributed by atoms with van der Waals surface area (Å²) in [4.78, 5) is 34.8. The zero-order valence-electron chi connectivity index (χ0n) is 24.8. The fraction of sp³-hybridized carbons (Fsp3) is 0.733. The van der Waals surface area contributed by atoms with Gasteiger partial charge in [-0.15, -0.1) is 0 Å². The molecule has 2 N–H and O–H groups in total. The first kappa shape index (κ1) is 32.3. The minimum Gasteiger partial charge on any atom is -0.388 e. The van der Waals surface area contributed by atoms with Crippen LogP contribution in [0.1, 0.15) is 40.0 Å². The van der Waals surface area contributed by atoms with Crippen molar-refractivity contribution >= 4 is 17.5 Å². The number of amides is 2. The van der Waals surface area contributed by atoms with Gasteiger partial charge >= 0.3 is 0 Å². The van der Waals surface area contributed by atoms with Crippen molar-refractivity contribution in [2.45, 2.75) is 64.4 Å². The number of carbonyl (C=O) groups is 2. The number of piperazine rings is 1. The van der Waals surface area contributed by atoms with Crippen molar-refractivity contribution in [2.75, 3.05) is 77.6 Å². The van der Waals surface area contributed by atoms with Crippen LogP contribution in [0.3, 0.4) is 0 Å². The van der Waals surface area contributed by atoms with Gasteiger partial charge in [-0.3, -0.25) is 14.5 Å². The summed E-state index contributed by atoms with van der Waals surface area (Å²) in [6.45, 7) is 10.9. The summed E-state index contributed by atoms with van der Waals surface area (Å²) in [5, 5.41) is 21.1. The smallest absolute Gasteiger partial charge is 0.237 e. The fourth-order valence-corrected chi connectivity index (χ4v) is 5.60. The normalized spacial score (nSPS) is 26.5. The molecule has 40 heavy (non-hydrogen) atoms. The van der Waals surface area contributed by atoms with Crippen molar-refractivity contribution in [3.8, 4) is 0 Å². The highest BCUT2D eigenvalue weighted by Gasteiger charge is 2.33. The van der Waals surface area contributed by atoms with Crippen molar-refractivity contribution in [3.05, 3.63) is 30.3 Å². The van der Waals surface area contributed by atoms with Gasteiger partial charge in [0.25, 0.3) is 0 Å². The van der Waals surface area contributed by atoms with E-state index in [2.05, 4.69) is 35.8 Å². The van der Waals surface area contributed by atoms with Crippen molar-refractivity contribution in [3.63, 3.8) is 0 Å². The highest BCUT2D eigenvalue weighted by atomic mass is 16.5. The van der Waals surface area contributed by atoms with Crippen LogP contribution in [0.4, 0.5) is 5.69 Å². The number of hydrogen-bond acceptors (Lipinski definition) is 8. The van der Waals surface area contributed by atoms with Gasteiger partial charge in [0.05, 0.1) is 13.2 Å². The Morgan fingerprint density at radius 3 is 2.35 bits per heavy atom. The van der Waals surface area contributed by atoms with Gasteiger partial charge in [-0.2, -0.15) is 0 Å². The highest BCUT2D eigenvalue weighted by Crippen LogP contribution is 2.19. The van der Waals surface area contributed by atoms with Crippen molar-refractivity contribution in [2.24, 2.45) is 5.92 Å². The van der Waals surface area contributed by atoms with E-state index in [9.17, 15) is 19.8 Å². The van der Waals surface area contributed by atoms with E-state index in [1.807, 2.05) is 23.1 Å². The number of hydrogen-bond donors (Lipinski definition) is 2. The number of nitrogens with zero attached hydrogens (tertiary/aromatic N) is 4. The van der Waals surface area contributed by atoms with Gasteiger partial charge in [-0.1, -0.05) is 32.0 Å². The van der Waals surface area contributed by atoms with Crippen LogP contribution in [-0.4, -0.2) is 134 Å². The van der Waals surface area contributed by atoms with Crippen LogP contribution in [0.2, 0.25) is 0 Å². The number of methoxy groups -OCH3 is 1. The van der Waals surface area contributed by atoms with E-state index in [0.717, 1.165) is 45.4 Å². The molecule has 3 rings (SSSR count). The van der Waals surface area contributed by atoms with Gasteiger partial charge in [-0.05, 0) is 37.3 Å². The number of anilines is 1. The maximum atomic E-state index is 13.9. The van der Waals surface area contributed by atoms with E-state index < -0.39 is 18.3 Å². The lowest BCUT2D eigenvalue weighted by atomic mass is 10.00. The van der Waals surface area contributed by atoms with Crippen LogP contribution in [0.15, 0.2) is 30.3 Å². The zero-order valence-corrected chi connectivity index (χ0v) is 24.8. The summed E-state index contributed by atoms with van der Waals surface area (Å²) >= 11 is 0. The quantitative estimate of drug-likeness (QED) is 0.537. The summed E-state index contributed by atoms with van der Waals surface area (Å²) < 4.78 is 11.1. The lowest BCUT2D eigenvalue weighted by molar-refractivity contribution is -0.143. The van der Waals surface area contributed by atoms with E-state index in [1.165, 1.54) is 19.7 Å². The molecule has 2 aliphatic rings. The van der Waals surface area contributed by atoms with E-state index in [-0.39, 0.29) is 31.0 Å². The molecule has 10 heteroatoms. The Labute approximate surface area is 239 Å². The maximum absolute atomic E-state index is 13.9. The molecule has 0 spiro atoms. The molecular formula is C30H50N4O6. The maximum Gasteiger partial charge on any atom is 0.237 e. The van der Waals surface area contributed by atoms with Crippen LogP contribution >= 0.6 is 0 Å². The second-order valence-electron chi connectivity index (χ2n) is 11.5. The molecule has 0 unspecified atom stereocenters. The van der Waals surface area contributed by atoms with Crippen LogP contribution in [-0.2, 0) is 19.1 Å². The molecule has 0 radical (unpaired) electrons. The summed E-state index contributed by atoms with van der Waals surface area (Å²) in [5.41, 5.74) is 1.21. The predicted molar refractivity (Wildman–Crippen MR) is 155 cm³/mol. The van der Waals surface area contributed by atoms with Crippen LogP contribution in [0.25, 0.3) is 0 Å². The Hall–Kier alpha value is -2.24. The van der Waals surface area contributed by atoms with Crippen molar-refractivity contribution in [1.29, 1.82) is 0 Å². The average Bonchev–Trinajstić information content (AvgIpc) is 2.94. The Morgan fingerprint density at radius 2 is 1.73 bits per heavy atom. The molecule has 2 heterocycles. The molecule has 1 aromatic rings. The van der Waals surface area contributed by atoms with E-state index in [4.69, 9.17) is 9.47 Å². The second kappa shape index (κ2) is 16.3. The predicted octanol–water partition coefficient (Wildman–Crippen LogP) is 1.45. The standard InChI is InChI=1S/C30H50N4O6/c1-23(2)18-26-19-33(24(3)35)20-28(39-4)30(38)27(36)22-40-17-9-8-12-34(26)29(37)21-31-13-15-32(16-14-31)25-10-6-5-7-11-25/h5-7,10-11,23,26-28,30,36,38H,8-9,12-22H2,1-4H3/t26-,27+,28+,30+/m0/s1. The highest BCUT2D eigenvalue weighted by molar-refractivity contribution is 5.79. The summed E-state index contributed by atoms with van der Waals surface area (Å²) in [6.07, 6.45) is -0.881. The number of rotatable bonds is 6. The molecule has 0 bridgehead atoms. The first-order valence-electron chi connectivity index (χ1n) is 14.7. The Balaban J connectivity index is 1.75. The van der Waals surface area contributed by atoms with Crippen molar-refractivity contribution < 1.29 is 29.3 Å². The fourth-order valence-electron chi connectivity index (χ4n) is 5.60. The second-order valence-corrected chi connectivity index (χ2v) is 11.5. The topological polar surface area (TPSA) is 106 Å². The number of ether oxygens (including phenoxy) is 2. The molecule has 226 valence electrons. The minimum absolute atomic E-state index is 0.0192. The summed E-state index contributed by atoms with van der Waals surface area (Å²) in [6, 6.07) is 10.2. The number of para-hydroxylation sites is 1. The van der Waals surface area contributed by atoms with E-state index >= 15 is 0 Å². The van der Waals surface area contributed by atoms with E-state index in [1.54, 1.807) is 4.90 Å². The summed E-state index contributed by atoms with van der Waals surface area (Å²) in [5.74, 6) is 0.232. The van der Waals surface area contributed by atoms with E-state index in [0.29, 0.717) is 32.2 Å².